The van der Waals surface area contributed by atoms with Crippen molar-refractivity contribution in [1.29, 1.82) is 0 Å². The van der Waals surface area contributed by atoms with Crippen LogP contribution in [0.2, 0.25) is 0 Å². The van der Waals surface area contributed by atoms with Gasteiger partial charge >= 0.3 is 12.1 Å². The van der Waals surface area contributed by atoms with E-state index < -0.39 is 18.6 Å². The molecule has 100 valence electrons. The molecular formula is C14H15NO4. The number of benzene rings is 1. The van der Waals surface area contributed by atoms with E-state index in [2.05, 4.69) is 11.8 Å². The number of hydrogen-bond acceptors (Lipinski definition) is 3. The van der Waals surface area contributed by atoms with Gasteiger partial charge in [-0.25, -0.2) is 4.79 Å². The first kappa shape index (κ1) is 14.6. The molecule has 0 saturated carbocycles. The Morgan fingerprint density at radius 3 is 2.58 bits per heavy atom. The number of hydrogen-bond donors (Lipinski definition) is 1. The monoisotopic (exact) mass is 261 g/mol. The zero-order valence-corrected chi connectivity index (χ0v) is 10.6. The summed E-state index contributed by atoms with van der Waals surface area (Å²) < 4.78 is 5.04. The van der Waals surface area contributed by atoms with E-state index in [1.54, 1.807) is 6.92 Å². The van der Waals surface area contributed by atoms with Crippen LogP contribution in [0.25, 0.3) is 0 Å². The lowest BCUT2D eigenvalue weighted by atomic mass is 10.2. The van der Waals surface area contributed by atoms with Gasteiger partial charge in [-0.1, -0.05) is 36.3 Å². The van der Waals surface area contributed by atoms with E-state index in [9.17, 15) is 9.59 Å². The maximum atomic E-state index is 11.7. The molecule has 5 heteroatoms. The Bertz CT molecular complexity index is 487. The lowest BCUT2D eigenvalue weighted by molar-refractivity contribution is -0.137. The van der Waals surface area contributed by atoms with Gasteiger partial charge in [0.15, 0.2) is 0 Å². The van der Waals surface area contributed by atoms with Crippen LogP contribution in [0.3, 0.4) is 0 Å². The van der Waals surface area contributed by atoms with E-state index >= 15 is 0 Å². The molecule has 0 atom stereocenters. The minimum absolute atomic E-state index is 0.0381. The summed E-state index contributed by atoms with van der Waals surface area (Å²) in [5.41, 5.74) is 0.840. The van der Waals surface area contributed by atoms with Crippen LogP contribution in [-0.2, 0) is 16.1 Å². The second-order valence-electron chi connectivity index (χ2n) is 3.72. The topological polar surface area (TPSA) is 66.8 Å². The van der Waals surface area contributed by atoms with Gasteiger partial charge in [0.05, 0.1) is 6.54 Å². The predicted molar refractivity (Wildman–Crippen MR) is 69.3 cm³/mol. The van der Waals surface area contributed by atoms with Crippen LogP contribution in [-0.4, -0.2) is 35.2 Å². The molecule has 0 heterocycles. The van der Waals surface area contributed by atoms with E-state index in [4.69, 9.17) is 9.84 Å². The number of rotatable bonds is 5. The Labute approximate surface area is 111 Å². The maximum Gasteiger partial charge on any atom is 0.411 e. The molecule has 1 rings (SSSR count). The summed E-state index contributed by atoms with van der Waals surface area (Å²) in [4.78, 5) is 23.4. The first-order valence-corrected chi connectivity index (χ1v) is 5.70. The van der Waals surface area contributed by atoms with Crippen molar-refractivity contribution in [1.82, 2.24) is 4.90 Å². The summed E-state index contributed by atoms with van der Waals surface area (Å²) >= 11 is 0. The number of nitrogens with zero attached hydrogens (tertiary/aromatic N) is 1. The highest BCUT2D eigenvalue weighted by Crippen LogP contribution is 2.03. The van der Waals surface area contributed by atoms with E-state index in [0.29, 0.717) is 0 Å². The van der Waals surface area contributed by atoms with Gasteiger partial charge in [0.2, 0.25) is 0 Å². The lowest BCUT2D eigenvalue weighted by Crippen LogP contribution is -2.36. The fraction of sp³-hybridized carbons (Fsp3) is 0.286. The molecule has 0 bridgehead atoms. The average molecular weight is 261 g/mol. The normalized spacial score (nSPS) is 9.11. The molecule has 1 aromatic rings. The fourth-order valence-electron chi connectivity index (χ4n) is 1.33. The summed E-state index contributed by atoms with van der Waals surface area (Å²) in [6.07, 6.45) is -0.686. The highest BCUT2D eigenvalue weighted by Gasteiger charge is 2.17. The molecule has 0 aromatic heterocycles. The smallest absolute Gasteiger partial charge is 0.411 e. The number of carbonyl (C=O) groups is 2. The minimum atomic E-state index is -1.10. The SMILES string of the molecule is CC#CCN(CC(=O)O)C(=O)OCc1ccccc1. The number of carboxylic acids is 1. The van der Waals surface area contributed by atoms with Crippen molar-refractivity contribution in [2.24, 2.45) is 0 Å². The summed E-state index contributed by atoms with van der Waals surface area (Å²) in [6, 6.07) is 9.17. The van der Waals surface area contributed by atoms with E-state index in [-0.39, 0.29) is 13.2 Å². The van der Waals surface area contributed by atoms with Crippen molar-refractivity contribution in [3.63, 3.8) is 0 Å². The summed E-state index contributed by atoms with van der Waals surface area (Å²) in [7, 11) is 0. The molecule has 0 radical (unpaired) electrons. The van der Waals surface area contributed by atoms with Crippen LogP contribution in [0.5, 0.6) is 0 Å². The van der Waals surface area contributed by atoms with Gasteiger partial charge in [0, 0.05) is 0 Å². The van der Waals surface area contributed by atoms with Crippen molar-refractivity contribution in [2.45, 2.75) is 13.5 Å². The molecule has 0 unspecified atom stereocenters. The number of amides is 1. The highest BCUT2D eigenvalue weighted by atomic mass is 16.6. The summed E-state index contributed by atoms with van der Waals surface area (Å²) in [6.45, 7) is 1.34. The van der Waals surface area contributed by atoms with Gasteiger partial charge < -0.3 is 9.84 Å². The first-order valence-electron chi connectivity index (χ1n) is 5.70. The molecule has 0 aliphatic carbocycles. The van der Waals surface area contributed by atoms with Crippen LogP contribution in [0.15, 0.2) is 30.3 Å². The van der Waals surface area contributed by atoms with Crippen LogP contribution in [0.1, 0.15) is 12.5 Å². The third-order valence-corrected chi connectivity index (χ3v) is 2.24. The van der Waals surface area contributed by atoms with Gasteiger partial charge in [-0.15, -0.1) is 5.92 Å². The second kappa shape index (κ2) is 7.77. The predicted octanol–water partition coefficient (Wildman–Crippen LogP) is 1.73. The van der Waals surface area contributed by atoms with E-state index in [0.717, 1.165) is 10.5 Å². The Morgan fingerprint density at radius 1 is 1.32 bits per heavy atom. The molecule has 5 nitrogen and oxygen atoms in total. The Kier molecular flexibility index (Phi) is 5.96. The molecule has 19 heavy (non-hydrogen) atoms. The van der Waals surface area contributed by atoms with Crippen molar-refractivity contribution < 1.29 is 19.4 Å². The number of carbonyl (C=O) groups excluding carboxylic acids is 1. The number of aliphatic carboxylic acids is 1. The second-order valence-corrected chi connectivity index (χ2v) is 3.72. The number of carboxylic acid groups (broad SMARTS) is 1. The minimum Gasteiger partial charge on any atom is -0.480 e. The van der Waals surface area contributed by atoms with Crippen LogP contribution < -0.4 is 0 Å². The first-order chi connectivity index (χ1) is 9.13. The maximum absolute atomic E-state index is 11.7. The molecule has 1 aromatic carbocycles. The summed E-state index contributed by atoms with van der Waals surface area (Å²) in [5.74, 6) is 4.15. The molecule has 0 aliphatic rings. The lowest BCUT2D eigenvalue weighted by Gasteiger charge is -2.17. The number of ether oxygens (including phenoxy) is 1. The fourth-order valence-corrected chi connectivity index (χ4v) is 1.33. The Balaban J connectivity index is 2.55. The van der Waals surface area contributed by atoms with Gasteiger partial charge in [-0.2, -0.15) is 0 Å². The zero-order chi connectivity index (χ0) is 14.1. The quantitative estimate of drug-likeness (QED) is 0.820. The van der Waals surface area contributed by atoms with Gasteiger partial charge in [-0.05, 0) is 12.5 Å². The average Bonchev–Trinajstić information content (AvgIpc) is 2.41. The third kappa shape index (κ3) is 5.59. The summed E-state index contributed by atoms with van der Waals surface area (Å²) in [5, 5.41) is 8.72. The van der Waals surface area contributed by atoms with Gasteiger partial charge in [-0.3, -0.25) is 9.69 Å². The zero-order valence-electron chi connectivity index (χ0n) is 10.6. The van der Waals surface area contributed by atoms with Gasteiger partial charge in [0.1, 0.15) is 13.2 Å². The van der Waals surface area contributed by atoms with Crippen molar-refractivity contribution in [3.05, 3.63) is 35.9 Å². The van der Waals surface area contributed by atoms with Crippen molar-refractivity contribution in [2.75, 3.05) is 13.1 Å². The van der Waals surface area contributed by atoms with Crippen molar-refractivity contribution >= 4 is 12.1 Å². The Hall–Kier alpha value is -2.48. The molecule has 1 amide bonds. The molecule has 0 fully saturated rings. The van der Waals surface area contributed by atoms with E-state index in [1.807, 2.05) is 30.3 Å². The Morgan fingerprint density at radius 2 is 2.00 bits per heavy atom. The largest absolute Gasteiger partial charge is 0.480 e. The standard InChI is InChI=1S/C14H15NO4/c1-2-3-9-15(10-13(16)17)14(18)19-11-12-7-5-4-6-8-12/h4-8H,9-11H2,1H3,(H,16,17). The van der Waals surface area contributed by atoms with Crippen LogP contribution in [0, 0.1) is 11.8 Å². The molecule has 0 aliphatic heterocycles. The molecule has 1 N–H and O–H groups in total. The van der Waals surface area contributed by atoms with Crippen molar-refractivity contribution in [3.8, 4) is 11.8 Å². The van der Waals surface area contributed by atoms with Crippen LogP contribution >= 0.6 is 0 Å². The van der Waals surface area contributed by atoms with Crippen LogP contribution in [0.4, 0.5) is 4.79 Å². The van der Waals surface area contributed by atoms with Gasteiger partial charge in [0.25, 0.3) is 0 Å². The highest BCUT2D eigenvalue weighted by molar-refractivity contribution is 5.76. The molecule has 0 spiro atoms. The molecular weight excluding hydrogens is 246 g/mol. The molecule has 0 saturated heterocycles. The third-order valence-electron chi connectivity index (χ3n) is 2.24. The van der Waals surface area contributed by atoms with E-state index in [1.165, 1.54) is 0 Å².